The van der Waals surface area contributed by atoms with E-state index in [4.69, 9.17) is 19.6 Å². The molecule has 0 aliphatic carbocycles. The number of ether oxygens (including phenoxy) is 3. The topological polar surface area (TPSA) is 66.8 Å². The highest BCUT2D eigenvalue weighted by Crippen LogP contribution is 2.52. The molecule has 0 saturated carbocycles. The number of fused-ring (bicyclic) bond motifs is 1. The molecule has 24 heavy (non-hydrogen) atoms. The van der Waals surface area contributed by atoms with Crippen molar-refractivity contribution in [2.24, 2.45) is 0 Å². The van der Waals surface area contributed by atoms with Crippen molar-refractivity contribution in [1.82, 2.24) is 4.90 Å². The highest BCUT2D eigenvalue weighted by molar-refractivity contribution is 5.86. The maximum absolute atomic E-state index is 8.17. The number of benzene rings is 1. The van der Waals surface area contributed by atoms with Crippen LogP contribution in [0.4, 0.5) is 5.69 Å². The highest BCUT2D eigenvalue weighted by atomic mass is 16.5. The van der Waals surface area contributed by atoms with E-state index >= 15 is 0 Å². The molecule has 1 unspecified atom stereocenters. The van der Waals surface area contributed by atoms with Crippen molar-refractivity contribution in [3.63, 3.8) is 0 Å². The Morgan fingerprint density at radius 1 is 1.29 bits per heavy atom. The Bertz CT molecular complexity index is 634. The molecule has 2 heterocycles. The monoisotopic (exact) mass is 333 g/mol. The number of nitrogens with one attached hydrogen (secondary N) is 2. The average molecular weight is 333 g/mol. The standard InChI is InChI=1S/C18H27N3O3/c1-21-7-5-6-12(21)9-18(10-19)11-20-15-13(18)8-14(22-2)16(23-3)17(15)24-4/h8,10,12,19-20H,5-7,9,11H2,1-4H3/t12-,18?/m1/s1. The van der Waals surface area contributed by atoms with Gasteiger partial charge in [0, 0.05) is 18.8 Å². The van der Waals surface area contributed by atoms with Crippen molar-refractivity contribution in [2.45, 2.75) is 30.7 Å². The molecule has 2 atom stereocenters. The number of methoxy groups -OCH3 is 3. The molecule has 0 amide bonds. The molecule has 0 aromatic heterocycles. The Labute approximate surface area is 143 Å². The van der Waals surface area contributed by atoms with Crippen LogP contribution in [-0.2, 0) is 5.41 Å². The van der Waals surface area contributed by atoms with E-state index in [1.807, 2.05) is 6.07 Å². The predicted molar refractivity (Wildman–Crippen MR) is 95.3 cm³/mol. The SMILES string of the molecule is COc1cc2c(c(OC)c1OC)NCC2(C=N)C[C@H]1CCCN1C. The normalized spacial score (nSPS) is 25.9. The molecular formula is C18H27N3O3. The van der Waals surface area contributed by atoms with E-state index in [0.717, 1.165) is 24.2 Å². The second kappa shape index (κ2) is 6.51. The van der Waals surface area contributed by atoms with Gasteiger partial charge < -0.3 is 29.8 Å². The van der Waals surface area contributed by atoms with E-state index in [1.165, 1.54) is 12.8 Å². The second-order valence-electron chi connectivity index (χ2n) is 6.70. The van der Waals surface area contributed by atoms with Gasteiger partial charge in [0.15, 0.2) is 11.5 Å². The third kappa shape index (κ3) is 2.49. The van der Waals surface area contributed by atoms with Gasteiger partial charge in [0.05, 0.1) is 32.4 Å². The van der Waals surface area contributed by atoms with Crippen LogP contribution in [0.1, 0.15) is 24.8 Å². The Morgan fingerprint density at radius 3 is 2.58 bits per heavy atom. The molecule has 0 spiro atoms. The van der Waals surface area contributed by atoms with Crippen molar-refractivity contribution >= 4 is 11.9 Å². The number of rotatable bonds is 6. The smallest absolute Gasteiger partial charge is 0.205 e. The van der Waals surface area contributed by atoms with E-state index in [1.54, 1.807) is 27.5 Å². The summed E-state index contributed by atoms with van der Waals surface area (Å²) >= 11 is 0. The fourth-order valence-electron chi connectivity index (χ4n) is 4.09. The minimum Gasteiger partial charge on any atom is -0.493 e. The lowest BCUT2D eigenvalue weighted by atomic mass is 9.77. The fourth-order valence-corrected chi connectivity index (χ4v) is 4.09. The van der Waals surface area contributed by atoms with Gasteiger partial charge in [0.2, 0.25) is 5.75 Å². The average Bonchev–Trinajstić information content (AvgIpc) is 3.17. The van der Waals surface area contributed by atoms with Crippen LogP contribution >= 0.6 is 0 Å². The quantitative estimate of drug-likeness (QED) is 0.783. The van der Waals surface area contributed by atoms with Gasteiger partial charge in [0.1, 0.15) is 0 Å². The lowest BCUT2D eigenvalue weighted by molar-refractivity contribution is 0.272. The van der Waals surface area contributed by atoms with Crippen molar-refractivity contribution in [2.75, 3.05) is 46.8 Å². The first-order valence-corrected chi connectivity index (χ1v) is 8.39. The lowest BCUT2D eigenvalue weighted by Gasteiger charge is -2.31. The number of nitrogens with zero attached hydrogens (tertiary/aromatic N) is 1. The molecule has 0 bridgehead atoms. The molecule has 6 heteroatoms. The lowest BCUT2D eigenvalue weighted by Crippen LogP contribution is -2.38. The molecule has 2 N–H and O–H groups in total. The fraction of sp³-hybridized carbons (Fsp3) is 0.611. The predicted octanol–water partition coefficient (Wildman–Crippen LogP) is 2.51. The minimum absolute atomic E-state index is 0.342. The zero-order valence-electron chi connectivity index (χ0n) is 14.9. The van der Waals surface area contributed by atoms with Gasteiger partial charge in [-0.05, 0) is 44.5 Å². The van der Waals surface area contributed by atoms with E-state index in [0.29, 0.717) is 29.8 Å². The zero-order chi connectivity index (χ0) is 17.3. The largest absolute Gasteiger partial charge is 0.493 e. The van der Waals surface area contributed by atoms with Gasteiger partial charge in [-0.25, -0.2) is 0 Å². The second-order valence-corrected chi connectivity index (χ2v) is 6.70. The van der Waals surface area contributed by atoms with Gasteiger partial charge in [-0.15, -0.1) is 0 Å². The summed E-state index contributed by atoms with van der Waals surface area (Å²) in [6, 6.07) is 2.50. The molecule has 1 fully saturated rings. The van der Waals surface area contributed by atoms with Crippen LogP contribution in [0, 0.1) is 5.41 Å². The van der Waals surface area contributed by atoms with E-state index in [9.17, 15) is 0 Å². The van der Waals surface area contributed by atoms with Crippen LogP contribution in [0.15, 0.2) is 6.07 Å². The van der Waals surface area contributed by atoms with E-state index in [-0.39, 0.29) is 5.41 Å². The van der Waals surface area contributed by atoms with Crippen LogP contribution in [0.3, 0.4) is 0 Å². The van der Waals surface area contributed by atoms with Crippen molar-refractivity contribution in [3.8, 4) is 17.2 Å². The summed E-state index contributed by atoms with van der Waals surface area (Å²) in [5.74, 6) is 1.88. The van der Waals surface area contributed by atoms with Crippen LogP contribution in [0.25, 0.3) is 0 Å². The Kier molecular flexibility index (Phi) is 4.58. The highest BCUT2D eigenvalue weighted by Gasteiger charge is 2.43. The summed E-state index contributed by atoms with van der Waals surface area (Å²) in [4.78, 5) is 2.40. The Hall–Kier alpha value is -1.95. The van der Waals surface area contributed by atoms with E-state index in [2.05, 4.69) is 17.3 Å². The maximum Gasteiger partial charge on any atom is 0.205 e. The summed E-state index contributed by atoms with van der Waals surface area (Å²) in [6.45, 7) is 1.83. The van der Waals surface area contributed by atoms with Crippen molar-refractivity contribution in [1.29, 1.82) is 5.41 Å². The van der Waals surface area contributed by atoms with E-state index < -0.39 is 0 Å². The molecule has 6 nitrogen and oxygen atoms in total. The zero-order valence-corrected chi connectivity index (χ0v) is 14.9. The Morgan fingerprint density at radius 2 is 2.04 bits per heavy atom. The third-order valence-corrected chi connectivity index (χ3v) is 5.49. The molecule has 2 aliphatic rings. The number of hydrogen-bond donors (Lipinski definition) is 2. The molecule has 1 aromatic carbocycles. The van der Waals surface area contributed by atoms with Gasteiger partial charge in [0.25, 0.3) is 0 Å². The molecule has 1 saturated heterocycles. The van der Waals surface area contributed by atoms with Crippen LogP contribution in [0.5, 0.6) is 17.2 Å². The summed E-state index contributed by atoms with van der Waals surface area (Å²) in [5, 5.41) is 11.6. The Balaban J connectivity index is 2.07. The van der Waals surface area contributed by atoms with Gasteiger partial charge in [-0.1, -0.05) is 0 Å². The van der Waals surface area contributed by atoms with Crippen molar-refractivity contribution in [3.05, 3.63) is 11.6 Å². The number of anilines is 1. The number of hydrogen-bond acceptors (Lipinski definition) is 6. The first-order valence-electron chi connectivity index (χ1n) is 8.39. The summed E-state index contributed by atoms with van der Waals surface area (Å²) in [6.07, 6.45) is 4.92. The first-order chi connectivity index (χ1) is 11.6. The third-order valence-electron chi connectivity index (χ3n) is 5.49. The van der Waals surface area contributed by atoms with Crippen LogP contribution < -0.4 is 19.5 Å². The molecule has 132 valence electrons. The molecule has 2 aliphatic heterocycles. The number of likely N-dealkylation sites (tertiary alicyclic amines) is 1. The van der Waals surface area contributed by atoms with Gasteiger partial charge in [-0.2, -0.15) is 0 Å². The van der Waals surface area contributed by atoms with Crippen molar-refractivity contribution < 1.29 is 14.2 Å². The van der Waals surface area contributed by atoms with Gasteiger partial charge >= 0.3 is 0 Å². The molecule has 1 aromatic rings. The maximum atomic E-state index is 8.17. The van der Waals surface area contributed by atoms with Crippen LogP contribution in [0.2, 0.25) is 0 Å². The molecule has 0 radical (unpaired) electrons. The summed E-state index contributed by atoms with van der Waals surface area (Å²) < 4.78 is 16.6. The first kappa shape index (κ1) is 16.9. The van der Waals surface area contributed by atoms with Gasteiger partial charge in [-0.3, -0.25) is 0 Å². The minimum atomic E-state index is -0.342. The summed E-state index contributed by atoms with van der Waals surface area (Å²) in [7, 11) is 7.05. The molecule has 3 rings (SSSR count). The van der Waals surface area contributed by atoms with Crippen LogP contribution in [-0.4, -0.2) is 58.6 Å². The summed E-state index contributed by atoms with van der Waals surface area (Å²) in [5.41, 5.74) is 1.64. The molecular weight excluding hydrogens is 306 g/mol.